The molecule has 1 atom stereocenters. The molecule has 0 spiro atoms. The Hall–Kier alpha value is -0.900. The summed E-state index contributed by atoms with van der Waals surface area (Å²) in [7, 11) is 1.58. The van der Waals surface area contributed by atoms with Crippen molar-refractivity contribution in [2.75, 3.05) is 7.05 Å². The lowest BCUT2D eigenvalue weighted by Gasteiger charge is -1.98. The Labute approximate surface area is 53.4 Å². The second kappa shape index (κ2) is 4.03. The first-order valence-electron chi connectivity index (χ1n) is 2.57. The highest BCUT2D eigenvalue weighted by molar-refractivity contribution is 5.77. The van der Waals surface area contributed by atoms with Crippen molar-refractivity contribution < 1.29 is 9.90 Å². The summed E-state index contributed by atoms with van der Waals surface area (Å²) >= 11 is 0. The van der Waals surface area contributed by atoms with Crippen LogP contribution in [0.1, 0.15) is 6.42 Å². The van der Waals surface area contributed by atoms with Crippen molar-refractivity contribution >= 4 is 12.2 Å². The minimum atomic E-state index is -0.991. The Morgan fingerprint density at radius 3 is 2.89 bits per heavy atom. The van der Waals surface area contributed by atoms with E-state index in [2.05, 4.69) is 4.99 Å². The van der Waals surface area contributed by atoms with Crippen LogP contribution >= 0.6 is 0 Å². The Kier molecular flexibility index (Phi) is 3.62. The number of aliphatic imine (C=N–C) groups is 1. The molecular formula is C5H10N2O2. The molecule has 0 aliphatic rings. The van der Waals surface area contributed by atoms with E-state index in [0.29, 0.717) is 6.42 Å². The molecular weight excluding hydrogens is 120 g/mol. The van der Waals surface area contributed by atoms with Crippen molar-refractivity contribution in [1.29, 1.82) is 0 Å². The summed E-state index contributed by atoms with van der Waals surface area (Å²) < 4.78 is 0. The lowest BCUT2D eigenvalue weighted by molar-refractivity contribution is -0.138. The maximum Gasteiger partial charge on any atom is 0.320 e. The van der Waals surface area contributed by atoms with E-state index in [1.54, 1.807) is 7.05 Å². The van der Waals surface area contributed by atoms with Gasteiger partial charge in [0.1, 0.15) is 6.04 Å². The van der Waals surface area contributed by atoms with Gasteiger partial charge < -0.3 is 15.8 Å². The minimum absolute atomic E-state index is 0.297. The van der Waals surface area contributed by atoms with E-state index in [1.165, 1.54) is 6.21 Å². The average Bonchev–Trinajstić information content (AvgIpc) is 1.82. The van der Waals surface area contributed by atoms with Crippen molar-refractivity contribution in [3.8, 4) is 0 Å². The predicted molar refractivity (Wildman–Crippen MR) is 34.6 cm³/mol. The van der Waals surface area contributed by atoms with Gasteiger partial charge in [0.05, 0.1) is 0 Å². The van der Waals surface area contributed by atoms with Crippen LogP contribution in [0.25, 0.3) is 0 Å². The molecule has 4 heteroatoms. The number of carbonyl (C=O) groups is 1. The van der Waals surface area contributed by atoms with E-state index in [1.807, 2.05) is 0 Å². The van der Waals surface area contributed by atoms with Gasteiger partial charge in [-0.2, -0.15) is 0 Å². The zero-order chi connectivity index (χ0) is 7.28. The molecule has 52 valence electrons. The van der Waals surface area contributed by atoms with Crippen molar-refractivity contribution in [2.24, 2.45) is 10.7 Å². The monoisotopic (exact) mass is 130 g/mol. The van der Waals surface area contributed by atoms with Crippen molar-refractivity contribution in [2.45, 2.75) is 12.5 Å². The largest absolute Gasteiger partial charge is 0.480 e. The van der Waals surface area contributed by atoms with Crippen LogP contribution in [0.2, 0.25) is 0 Å². The Morgan fingerprint density at radius 2 is 2.56 bits per heavy atom. The van der Waals surface area contributed by atoms with E-state index >= 15 is 0 Å². The van der Waals surface area contributed by atoms with Gasteiger partial charge in [-0.1, -0.05) is 0 Å². The van der Waals surface area contributed by atoms with Crippen LogP contribution in [0.3, 0.4) is 0 Å². The van der Waals surface area contributed by atoms with Crippen molar-refractivity contribution in [3.05, 3.63) is 0 Å². The first-order chi connectivity index (χ1) is 4.18. The van der Waals surface area contributed by atoms with Crippen LogP contribution in [-0.2, 0) is 4.79 Å². The third kappa shape index (κ3) is 3.66. The molecule has 0 unspecified atom stereocenters. The number of carboxylic acid groups (broad SMARTS) is 1. The molecule has 0 amide bonds. The van der Waals surface area contributed by atoms with Gasteiger partial charge in [0.2, 0.25) is 0 Å². The molecule has 0 aliphatic carbocycles. The van der Waals surface area contributed by atoms with Gasteiger partial charge in [0.15, 0.2) is 0 Å². The maximum absolute atomic E-state index is 10.0. The quantitative estimate of drug-likeness (QED) is 0.505. The topological polar surface area (TPSA) is 75.7 Å². The Morgan fingerprint density at radius 1 is 2.00 bits per heavy atom. The van der Waals surface area contributed by atoms with Crippen LogP contribution in [0.4, 0.5) is 0 Å². The first kappa shape index (κ1) is 8.10. The molecule has 0 radical (unpaired) electrons. The van der Waals surface area contributed by atoms with Gasteiger partial charge in [-0.3, -0.25) is 4.79 Å². The maximum atomic E-state index is 10.0. The standard InChI is InChI=1S/C5H10N2O2/c1-7-3-2-4(6)5(8)9/h3-4H,2,6H2,1H3,(H,8,9)/b7-3+/t4-/m0/s1. The smallest absolute Gasteiger partial charge is 0.320 e. The summed E-state index contributed by atoms with van der Waals surface area (Å²) in [5.41, 5.74) is 5.11. The van der Waals surface area contributed by atoms with Gasteiger partial charge in [-0.05, 0) is 0 Å². The number of aliphatic carboxylic acids is 1. The predicted octanol–water partition coefficient (Wildman–Crippen LogP) is -0.511. The summed E-state index contributed by atoms with van der Waals surface area (Å²) in [6.07, 6.45) is 1.78. The number of hydrogen-bond acceptors (Lipinski definition) is 3. The minimum Gasteiger partial charge on any atom is -0.480 e. The fourth-order valence-electron chi connectivity index (χ4n) is 0.320. The van der Waals surface area contributed by atoms with Crippen LogP contribution < -0.4 is 5.73 Å². The van der Waals surface area contributed by atoms with E-state index < -0.39 is 12.0 Å². The van der Waals surface area contributed by atoms with Crippen LogP contribution in [0.15, 0.2) is 4.99 Å². The highest BCUT2D eigenvalue weighted by Crippen LogP contribution is 1.82. The average molecular weight is 130 g/mol. The molecule has 4 nitrogen and oxygen atoms in total. The SMILES string of the molecule is C/N=C/C[C@H](N)C(=O)O. The molecule has 0 saturated carbocycles. The van der Waals surface area contributed by atoms with Crippen LogP contribution in [0.5, 0.6) is 0 Å². The van der Waals surface area contributed by atoms with E-state index in [4.69, 9.17) is 10.8 Å². The molecule has 0 rings (SSSR count). The Bertz CT molecular complexity index is 122. The third-order valence-corrected chi connectivity index (χ3v) is 0.859. The molecule has 0 bridgehead atoms. The molecule has 0 saturated heterocycles. The third-order valence-electron chi connectivity index (χ3n) is 0.859. The summed E-state index contributed by atoms with van der Waals surface area (Å²) in [4.78, 5) is 13.6. The lowest BCUT2D eigenvalue weighted by atomic mass is 10.2. The number of carboxylic acids is 1. The summed E-state index contributed by atoms with van der Waals surface area (Å²) in [6, 6.07) is -0.811. The summed E-state index contributed by atoms with van der Waals surface area (Å²) in [6.45, 7) is 0. The summed E-state index contributed by atoms with van der Waals surface area (Å²) in [5, 5.41) is 8.22. The molecule has 0 aromatic carbocycles. The van der Waals surface area contributed by atoms with Crippen molar-refractivity contribution in [1.82, 2.24) is 0 Å². The molecule has 0 aromatic heterocycles. The fourth-order valence-corrected chi connectivity index (χ4v) is 0.320. The lowest BCUT2D eigenvalue weighted by Crippen LogP contribution is -2.30. The van der Waals surface area contributed by atoms with Gasteiger partial charge in [-0.15, -0.1) is 0 Å². The second-order valence-corrected chi connectivity index (χ2v) is 1.62. The second-order valence-electron chi connectivity index (χ2n) is 1.62. The summed E-state index contributed by atoms with van der Waals surface area (Å²) in [5.74, 6) is -0.991. The number of nitrogens with two attached hydrogens (primary N) is 1. The highest BCUT2D eigenvalue weighted by Gasteiger charge is 2.07. The molecule has 9 heavy (non-hydrogen) atoms. The fraction of sp³-hybridized carbons (Fsp3) is 0.600. The molecule has 0 aliphatic heterocycles. The zero-order valence-electron chi connectivity index (χ0n) is 5.24. The number of rotatable bonds is 3. The van der Waals surface area contributed by atoms with Crippen molar-refractivity contribution in [3.63, 3.8) is 0 Å². The molecule has 0 aromatic rings. The van der Waals surface area contributed by atoms with Gasteiger partial charge in [-0.25, -0.2) is 0 Å². The van der Waals surface area contributed by atoms with Crippen LogP contribution in [0, 0.1) is 0 Å². The van der Waals surface area contributed by atoms with E-state index in [9.17, 15) is 4.79 Å². The van der Waals surface area contributed by atoms with Gasteiger partial charge >= 0.3 is 5.97 Å². The molecule has 0 fully saturated rings. The van der Waals surface area contributed by atoms with Gasteiger partial charge in [0, 0.05) is 19.7 Å². The normalized spacial score (nSPS) is 14.0. The Balaban J connectivity index is 3.50. The zero-order valence-corrected chi connectivity index (χ0v) is 5.24. The van der Waals surface area contributed by atoms with Crippen LogP contribution in [-0.4, -0.2) is 30.4 Å². The van der Waals surface area contributed by atoms with E-state index in [0.717, 1.165) is 0 Å². The highest BCUT2D eigenvalue weighted by atomic mass is 16.4. The molecule has 3 N–H and O–H groups in total. The number of nitrogens with zero attached hydrogens (tertiary/aromatic N) is 1. The van der Waals surface area contributed by atoms with Gasteiger partial charge in [0.25, 0.3) is 0 Å². The molecule has 0 heterocycles. The number of hydrogen-bond donors (Lipinski definition) is 2. The first-order valence-corrected chi connectivity index (χ1v) is 2.57. The van der Waals surface area contributed by atoms with E-state index in [-0.39, 0.29) is 0 Å².